The molecule has 3 N–H and O–H groups in total. The third-order valence-electron chi connectivity index (χ3n) is 2.14. The van der Waals surface area contributed by atoms with E-state index in [-0.39, 0.29) is 11.4 Å². The van der Waals surface area contributed by atoms with E-state index in [1.54, 1.807) is 17.5 Å². The lowest BCUT2D eigenvalue weighted by molar-refractivity contribution is -0.383. The standard InChI is InChI=1S/C10H8N2O3S/c11-6-2-1-3-8(13)9(6)10-7(12(14)15)4-5-16-10/h1-5,13H,11H2. The summed E-state index contributed by atoms with van der Waals surface area (Å²) in [5.41, 5.74) is 6.31. The molecular weight excluding hydrogens is 228 g/mol. The van der Waals surface area contributed by atoms with Gasteiger partial charge in [-0.25, -0.2) is 0 Å². The largest absolute Gasteiger partial charge is 0.507 e. The molecule has 0 atom stereocenters. The first kappa shape index (κ1) is 10.4. The molecule has 0 aliphatic carbocycles. The minimum absolute atomic E-state index is 0.0433. The van der Waals surface area contributed by atoms with Crippen molar-refractivity contribution in [3.8, 4) is 16.2 Å². The molecule has 0 radical (unpaired) electrons. The quantitative estimate of drug-likeness (QED) is 0.476. The molecule has 1 heterocycles. The van der Waals surface area contributed by atoms with Crippen molar-refractivity contribution in [2.24, 2.45) is 0 Å². The summed E-state index contributed by atoms with van der Waals surface area (Å²) in [5.74, 6) is -0.0504. The fraction of sp³-hybridized carbons (Fsp3) is 0. The smallest absolute Gasteiger partial charge is 0.288 e. The third-order valence-corrected chi connectivity index (χ3v) is 3.06. The molecule has 5 nitrogen and oxygen atoms in total. The summed E-state index contributed by atoms with van der Waals surface area (Å²) in [4.78, 5) is 10.7. The Kier molecular flexibility index (Phi) is 2.49. The number of thiophene rings is 1. The number of nitrogens with zero attached hydrogens (tertiary/aromatic N) is 1. The predicted molar refractivity (Wildman–Crippen MR) is 62.5 cm³/mol. The first-order valence-corrected chi connectivity index (χ1v) is 5.29. The lowest BCUT2D eigenvalue weighted by atomic mass is 10.1. The van der Waals surface area contributed by atoms with Crippen LogP contribution in [-0.4, -0.2) is 10.0 Å². The first-order chi connectivity index (χ1) is 7.61. The Morgan fingerprint density at radius 1 is 1.38 bits per heavy atom. The van der Waals surface area contributed by atoms with Crippen molar-refractivity contribution in [2.45, 2.75) is 0 Å². The maximum absolute atomic E-state index is 10.8. The Morgan fingerprint density at radius 3 is 2.75 bits per heavy atom. The molecule has 0 spiro atoms. The van der Waals surface area contributed by atoms with Gasteiger partial charge in [-0.05, 0) is 17.5 Å². The van der Waals surface area contributed by atoms with Crippen LogP contribution >= 0.6 is 11.3 Å². The molecule has 0 amide bonds. The Morgan fingerprint density at radius 2 is 2.12 bits per heavy atom. The highest BCUT2D eigenvalue weighted by molar-refractivity contribution is 7.14. The van der Waals surface area contributed by atoms with Crippen molar-refractivity contribution in [1.82, 2.24) is 0 Å². The number of nitrogens with two attached hydrogens (primary N) is 1. The molecule has 16 heavy (non-hydrogen) atoms. The van der Waals surface area contributed by atoms with Crippen LogP contribution in [0.25, 0.3) is 10.4 Å². The zero-order chi connectivity index (χ0) is 11.7. The van der Waals surface area contributed by atoms with E-state index in [1.165, 1.54) is 23.5 Å². The second-order valence-electron chi connectivity index (χ2n) is 3.13. The van der Waals surface area contributed by atoms with Crippen LogP contribution in [0.3, 0.4) is 0 Å². The Labute approximate surface area is 94.9 Å². The summed E-state index contributed by atoms with van der Waals surface area (Å²) in [6, 6.07) is 6.03. The summed E-state index contributed by atoms with van der Waals surface area (Å²) >= 11 is 1.18. The Hall–Kier alpha value is -2.08. The average molecular weight is 236 g/mol. The SMILES string of the molecule is Nc1cccc(O)c1-c1sccc1[N+](=O)[O-]. The molecule has 6 heteroatoms. The number of hydrogen-bond acceptors (Lipinski definition) is 5. The van der Waals surface area contributed by atoms with E-state index in [9.17, 15) is 15.2 Å². The van der Waals surface area contributed by atoms with Crippen LogP contribution < -0.4 is 5.73 Å². The van der Waals surface area contributed by atoms with Crippen LogP contribution in [0.5, 0.6) is 5.75 Å². The van der Waals surface area contributed by atoms with Gasteiger partial charge in [-0.3, -0.25) is 10.1 Å². The van der Waals surface area contributed by atoms with Gasteiger partial charge in [-0.15, -0.1) is 11.3 Å². The number of nitro groups is 1. The zero-order valence-electron chi connectivity index (χ0n) is 8.08. The molecule has 0 unspecified atom stereocenters. The molecule has 2 aromatic rings. The fourth-order valence-electron chi connectivity index (χ4n) is 1.44. The maximum atomic E-state index is 10.8. The van der Waals surface area contributed by atoms with Crippen molar-refractivity contribution < 1.29 is 10.0 Å². The molecule has 0 fully saturated rings. The molecule has 1 aromatic carbocycles. The van der Waals surface area contributed by atoms with Gasteiger partial charge in [0.15, 0.2) is 0 Å². The summed E-state index contributed by atoms with van der Waals surface area (Å²) in [5, 5.41) is 22.0. The molecule has 0 aliphatic rings. The first-order valence-electron chi connectivity index (χ1n) is 4.41. The highest BCUT2D eigenvalue weighted by atomic mass is 32.1. The second-order valence-corrected chi connectivity index (χ2v) is 4.05. The van der Waals surface area contributed by atoms with E-state index in [0.717, 1.165) is 0 Å². The molecule has 0 bridgehead atoms. The van der Waals surface area contributed by atoms with E-state index in [1.807, 2.05) is 0 Å². The summed E-state index contributed by atoms with van der Waals surface area (Å²) < 4.78 is 0. The lowest BCUT2D eigenvalue weighted by Crippen LogP contribution is -1.92. The van der Waals surface area contributed by atoms with E-state index >= 15 is 0 Å². The maximum Gasteiger partial charge on any atom is 0.288 e. The van der Waals surface area contributed by atoms with Crippen LogP contribution in [0.4, 0.5) is 11.4 Å². The second kappa shape index (κ2) is 3.82. The van der Waals surface area contributed by atoms with E-state index in [0.29, 0.717) is 16.1 Å². The molecule has 82 valence electrons. The lowest BCUT2D eigenvalue weighted by Gasteiger charge is -2.05. The number of anilines is 1. The van der Waals surface area contributed by atoms with Gasteiger partial charge < -0.3 is 10.8 Å². The van der Waals surface area contributed by atoms with Gasteiger partial charge in [0.05, 0.1) is 10.5 Å². The highest BCUT2D eigenvalue weighted by Gasteiger charge is 2.21. The molecule has 0 saturated heterocycles. The van der Waals surface area contributed by atoms with Crippen molar-refractivity contribution in [3.05, 3.63) is 39.8 Å². The van der Waals surface area contributed by atoms with Gasteiger partial charge in [-0.1, -0.05) is 6.07 Å². The van der Waals surface area contributed by atoms with Crippen molar-refractivity contribution >= 4 is 22.7 Å². The van der Waals surface area contributed by atoms with Gasteiger partial charge in [0.25, 0.3) is 5.69 Å². The van der Waals surface area contributed by atoms with Crippen molar-refractivity contribution in [2.75, 3.05) is 5.73 Å². The molecule has 0 saturated carbocycles. The third kappa shape index (κ3) is 1.59. The molecule has 0 aliphatic heterocycles. The number of aromatic hydroxyl groups is 1. The number of benzene rings is 1. The highest BCUT2D eigenvalue weighted by Crippen LogP contribution is 2.42. The van der Waals surface area contributed by atoms with Crippen LogP contribution in [0.15, 0.2) is 29.6 Å². The normalized spacial score (nSPS) is 10.2. The van der Waals surface area contributed by atoms with Crippen molar-refractivity contribution in [3.63, 3.8) is 0 Å². The number of phenols is 1. The van der Waals surface area contributed by atoms with Gasteiger partial charge in [0, 0.05) is 11.8 Å². The Bertz CT molecular complexity index is 530. The van der Waals surface area contributed by atoms with E-state index < -0.39 is 4.92 Å². The zero-order valence-corrected chi connectivity index (χ0v) is 8.90. The van der Waals surface area contributed by atoms with Crippen LogP contribution in [0, 0.1) is 10.1 Å². The van der Waals surface area contributed by atoms with Crippen LogP contribution in [-0.2, 0) is 0 Å². The van der Waals surface area contributed by atoms with E-state index in [4.69, 9.17) is 5.73 Å². The minimum atomic E-state index is -0.488. The molecule has 1 aromatic heterocycles. The van der Waals surface area contributed by atoms with Crippen LogP contribution in [0.2, 0.25) is 0 Å². The Balaban J connectivity index is 2.68. The molecular formula is C10H8N2O3S. The van der Waals surface area contributed by atoms with Gasteiger partial charge in [0.2, 0.25) is 0 Å². The topological polar surface area (TPSA) is 89.4 Å². The van der Waals surface area contributed by atoms with Gasteiger partial charge >= 0.3 is 0 Å². The number of nitrogen functional groups attached to an aromatic ring is 1. The minimum Gasteiger partial charge on any atom is -0.507 e. The predicted octanol–water partition coefficient (Wildman–Crippen LogP) is 2.61. The number of phenolic OH excluding ortho intramolecular Hbond substituents is 1. The van der Waals surface area contributed by atoms with E-state index in [2.05, 4.69) is 0 Å². The van der Waals surface area contributed by atoms with Crippen molar-refractivity contribution in [1.29, 1.82) is 0 Å². The van der Waals surface area contributed by atoms with Crippen LogP contribution in [0.1, 0.15) is 0 Å². The monoisotopic (exact) mass is 236 g/mol. The average Bonchev–Trinajstić information content (AvgIpc) is 2.66. The van der Waals surface area contributed by atoms with Gasteiger partial charge in [-0.2, -0.15) is 0 Å². The number of rotatable bonds is 2. The fourth-order valence-corrected chi connectivity index (χ4v) is 2.37. The summed E-state index contributed by atoms with van der Waals surface area (Å²) in [6.45, 7) is 0. The molecule has 2 rings (SSSR count). The van der Waals surface area contributed by atoms with Gasteiger partial charge in [0.1, 0.15) is 10.6 Å². The number of hydrogen-bond donors (Lipinski definition) is 2. The summed E-state index contributed by atoms with van der Waals surface area (Å²) in [6.07, 6.45) is 0. The summed E-state index contributed by atoms with van der Waals surface area (Å²) in [7, 11) is 0.